The van der Waals surface area contributed by atoms with Crippen LogP contribution in [0.4, 0.5) is 0 Å². The number of nitrogens with one attached hydrogen (secondary N) is 2. The van der Waals surface area contributed by atoms with Gasteiger partial charge in [0.15, 0.2) is 0 Å². The molecule has 0 bridgehead atoms. The Morgan fingerprint density at radius 3 is 2.72 bits per heavy atom. The summed E-state index contributed by atoms with van der Waals surface area (Å²) in [6.45, 7) is 4.37. The minimum Gasteiger partial charge on any atom is -0.352 e. The molecule has 1 aliphatic heterocycles. The fraction of sp³-hybridized carbons (Fsp3) is 0.462. The van der Waals surface area contributed by atoms with Gasteiger partial charge in [0.1, 0.15) is 0 Å². The number of amides is 1. The highest BCUT2D eigenvalue weighted by Gasteiger charge is 2.28. The molecule has 1 heterocycles. The molecule has 1 saturated heterocycles. The number of carbonyl (C=O) groups is 1. The van der Waals surface area contributed by atoms with E-state index in [1.54, 1.807) is 0 Å². The zero-order valence-corrected chi connectivity index (χ0v) is 11.9. The molecule has 5 heteroatoms. The second-order valence-corrected chi connectivity index (χ2v) is 4.92. The molecule has 1 aliphatic rings. The molecule has 18 heavy (non-hydrogen) atoms. The summed E-state index contributed by atoms with van der Waals surface area (Å²) in [5.74, 6) is 0.649. The summed E-state index contributed by atoms with van der Waals surface area (Å²) in [5.41, 5.74) is 0.960. The Kier molecular flexibility index (Phi) is 5.93. The van der Waals surface area contributed by atoms with Gasteiger partial charge in [0, 0.05) is 17.5 Å². The first-order chi connectivity index (χ1) is 8.18. The van der Waals surface area contributed by atoms with Gasteiger partial charge in [0.2, 0.25) is 5.91 Å². The SMILES string of the molecule is CC(C(=O)NCc1ccccc1Cl)C1CNC1.Cl. The molecule has 0 spiro atoms. The second kappa shape index (κ2) is 6.98. The lowest BCUT2D eigenvalue weighted by atomic mass is 9.88. The quantitative estimate of drug-likeness (QED) is 0.892. The van der Waals surface area contributed by atoms with Gasteiger partial charge < -0.3 is 10.6 Å². The molecular formula is C13H18Cl2N2O. The van der Waals surface area contributed by atoms with Crippen molar-refractivity contribution < 1.29 is 4.79 Å². The number of benzene rings is 1. The van der Waals surface area contributed by atoms with E-state index in [1.807, 2.05) is 31.2 Å². The molecule has 3 nitrogen and oxygen atoms in total. The zero-order chi connectivity index (χ0) is 12.3. The van der Waals surface area contributed by atoms with E-state index in [1.165, 1.54) is 0 Å². The Morgan fingerprint density at radius 2 is 2.17 bits per heavy atom. The number of halogens is 2. The van der Waals surface area contributed by atoms with Crippen LogP contribution in [-0.2, 0) is 11.3 Å². The lowest BCUT2D eigenvalue weighted by Gasteiger charge is -2.31. The summed E-state index contributed by atoms with van der Waals surface area (Å²) in [7, 11) is 0. The molecule has 0 saturated carbocycles. The number of rotatable bonds is 4. The summed E-state index contributed by atoms with van der Waals surface area (Å²) in [4.78, 5) is 11.9. The van der Waals surface area contributed by atoms with Gasteiger partial charge in [-0.2, -0.15) is 0 Å². The number of hydrogen-bond acceptors (Lipinski definition) is 2. The van der Waals surface area contributed by atoms with Gasteiger partial charge in [-0.05, 0) is 30.6 Å². The summed E-state index contributed by atoms with van der Waals surface area (Å²) in [6.07, 6.45) is 0. The molecule has 2 rings (SSSR count). The van der Waals surface area contributed by atoms with E-state index in [0.717, 1.165) is 18.7 Å². The van der Waals surface area contributed by atoms with Crippen LogP contribution in [-0.4, -0.2) is 19.0 Å². The van der Waals surface area contributed by atoms with Gasteiger partial charge >= 0.3 is 0 Å². The molecule has 1 amide bonds. The third-order valence-electron chi connectivity index (χ3n) is 3.34. The second-order valence-electron chi connectivity index (χ2n) is 4.52. The number of hydrogen-bond donors (Lipinski definition) is 2. The van der Waals surface area contributed by atoms with Crippen LogP contribution in [0.25, 0.3) is 0 Å². The van der Waals surface area contributed by atoms with Crippen molar-refractivity contribution >= 4 is 29.9 Å². The maximum absolute atomic E-state index is 11.9. The van der Waals surface area contributed by atoms with Gasteiger partial charge in [-0.1, -0.05) is 36.7 Å². The third-order valence-corrected chi connectivity index (χ3v) is 3.71. The minimum atomic E-state index is 0. The van der Waals surface area contributed by atoms with E-state index in [0.29, 0.717) is 17.5 Å². The molecule has 1 unspecified atom stereocenters. The maximum Gasteiger partial charge on any atom is 0.223 e. The van der Waals surface area contributed by atoms with Crippen molar-refractivity contribution in [3.05, 3.63) is 34.9 Å². The summed E-state index contributed by atoms with van der Waals surface area (Å²) in [6, 6.07) is 7.57. The summed E-state index contributed by atoms with van der Waals surface area (Å²) in [5, 5.41) is 6.82. The molecule has 1 atom stereocenters. The highest BCUT2D eigenvalue weighted by Crippen LogP contribution is 2.17. The first-order valence-electron chi connectivity index (χ1n) is 5.90. The lowest BCUT2D eigenvalue weighted by Crippen LogP contribution is -2.49. The number of carbonyl (C=O) groups excluding carboxylic acids is 1. The van der Waals surface area contributed by atoms with Crippen LogP contribution < -0.4 is 10.6 Å². The van der Waals surface area contributed by atoms with Gasteiger partial charge in [-0.3, -0.25) is 4.79 Å². The highest BCUT2D eigenvalue weighted by atomic mass is 35.5. The molecule has 0 aliphatic carbocycles. The minimum absolute atomic E-state index is 0. The van der Waals surface area contributed by atoms with E-state index >= 15 is 0 Å². The van der Waals surface area contributed by atoms with Crippen molar-refractivity contribution in [1.29, 1.82) is 0 Å². The third kappa shape index (κ3) is 3.61. The standard InChI is InChI=1S/C13H17ClN2O.ClH/c1-9(11-6-15-7-11)13(17)16-8-10-4-2-3-5-12(10)14;/h2-5,9,11,15H,6-8H2,1H3,(H,16,17);1H. The monoisotopic (exact) mass is 288 g/mol. The first kappa shape index (κ1) is 15.3. The molecular weight excluding hydrogens is 271 g/mol. The van der Waals surface area contributed by atoms with Crippen LogP contribution in [0.3, 0.4) is 0 Å². The van der Waals surface area contributed by atoms with Gasteiger partial charge in [0.25, 0.3) is 0 Å². The Hall–Kier alpha value is -0.770. The maximum atomic E-state index is 11.9. The van der Waals surface area contributed by atoms with Crippen molar-refractivity contribution in [2.24, 2.45) is 11.8 Å². The Labute approximate surface area is 119 Å². The smallest absolute Gasteiger partial charge is 0.223 e. The van der Waals surface area contributed by atoms with E-state index in [9.17, 15) is 4.79 Å². The first-order valence-corrected chi connectivity index (χ1v) is 6.28. The Bertz CT molecular complexity index is 408. The molecule has 100 valence electrons. The normalized spacial score (nSPS) is 16.3. The van der Waals surface area contributed by atoms with E-state index in [4.69, 9.17) is 11.6 Å². The molecule has 0 radical (unpaired) electrons. The summed E-state index contributed by atoms with van der Waals surface area (Å²) < 4.78 is 0. The van der Waals surface area contributed by atoms with Gasteiger partial charge in [0.05, 0.1) is 0 Å². The highest BCUT2D eigenvalue weighted by molar-refractivity contribution is 6.31. The van der Waals surface area contributed by atoms with Crippen molar-refractivity contribution in [2.75, 3.05) is 13.1 Å². The van der Waals surface area contributed by atoms with Gasteiger partial charge in [-0.15, -0.1) is 12.4 Å². The fourth-order valence-electron chi connectivity index (χ4n) is 1.86. The van der Waals surface area contributed by atoms with Crippen molar-refractivity contribution in [3.63, 3.8) is 0 Å². The topological polar surface area (TPSA) is 41.1 Å². The van der Waals surface area contributed by atoms with Crippen molar-refractivity contribution in [2.45, 2.75) is 13.5 Å². The molecule has 2 N–H and O–H groups in total. The van der Waals surface area contributed by atoms with Crippen molar-refractivity contribution in [1.82, 2.24) is 10.6 Å². The lowest BCUT2D eigenvalue weighted by molar-refractivity contribution is -0.126. The van der Waals surface area contributed by atoms with Crippen LogP contribution in [0, 0.1) is 11.8 Å². The fourth-order valence-corrected chi connectivity index (χ4v) is 2.07. The molecule has 0 aromatic heterocycles. The van der Waals surface area contributed by atoms with E-state index in [2.05, 4.69) is 10.6 Å². The predicted octanol–water partition coefficient (Wildman–Crippen LogP) is 2.23. The Balaban J connectivity index is 0.00000162. The van der Waals surface area contributed by atoms with Crippen LogP contribution in [0.15, 0.2) is 24.3 Å². The van der Waals surface area contributed by atoms with E-state index in [-0.39, 0.29) is 24.2 Å². The van der Waals surface area contributed by atoms with Crippen LogP contribution in [0.1, 0.15) is 12.5 Å². The zero-order valence-electron chi connectivity index (χ0n) is 10.3. The average Bonchev–Trinajstić information content (AvgIpc) is 2.25. The van der Waals surface area contributed by atoms with Crippen LogP contribution in [0.5, 0.6) is 0 Å². The van der Waals surface area contributed by atoms with Gasteiger partial charge in [-0.25, -0.2) is 0 Å². The molecule has 1 aromatic carbocycles. The largest absolute Gasteiger partial charge is 0.352 e. The Morgan fingerprint density at radius 1 is 1.50 bits per heavy atom. The average molecular weight is 289 g/mol. The molecule has 1 fully saturated rings. The molecule has 1 aromatic rings. The van der Waals surface area contributed by atoms with Crippen LogP contribution in [0.2, 0.25) is 5.02 Å². The van der Waals surface area contributed by atoms with Crippen LogP contribution >= 0.6 is 24.0 Å². The predicted molar refractivity (Wildman–Crippen MR) is 76.1 cm³/mol. The van der Waals surface area contributed by atoms with Crippen molar-refractivity contribution in [3.8, 4) is 0 Å². The van der Waals surface area contributed by atoms with E-state index < -0.39 is 0 Å². The summed E-state index contributed by atoms with van der Waals surface area (Å²) >= 11 is 6.03.